The standard InChI is InChI=1S/C12H16N2O6S/c1-5-8(16)9(17)11(20-5)14-4-6(3-7(15)19-2)10(18)13-12(14)21/h4-5,8-9,11,16-17H,3H2,1-2H3,(H,13,18,21)/t5-,8-,9-,11-/m1/s1. The summed E-state index contributed by atoms with van der Waals surface area (Å²) in [5.41, 5.74) is -0.386. The largest absolute Gasteiger partial charge is 0.469 e. The minimum Gasteiger partial charge on any atom is -0.469 e. The second-order valence-corrected chi connectivity index (χ2v) is 5.17. The zero-order valence-electron chi connectivity index (χ0n) is 11.5. The van der Waals surface area contributed by atoms with E-state index in [2.05, 4.69) is 9.72 Å². The highest BCUT2D eigenvalue weighted by Gasteiger charge is 2.41. The molecule has 1 aliphatic heterocycles. The monoisotopic (exact) mass is 316 g/mol. The number of esters is 1. The van der Waals surface area contributed by atoms with Crippen molar-refractivity contribution in [2.45, 2.75) is 37.9 Å². The molecule has 0 radical (unpaired) electrons. The third-order valence-electron chi connectivity index (χ3n) is 3.36. The summed E-state index contributed by atoms with van der Waals surface area (Å²) in [6, 6.07) is 0. The zero-order chi connectivity index (χ0) is 15.7. The number of ether oxygens (including phenoxy) is 2. The highest BCUT2D eigenvalue weighted by atomic mass is 32.1. The molecule has 1 aromatic rings. The molecule has 116 valence electrons. The van der Waals surface area contributed by atoms with Gasteiger partial charge < -0.3 is 19.7 Å². The first kappa shape index (κ1) is 15.8. The second kappa shape index (κ2) is 6.06. The highest BCUT2D eigenvalue weighted by molar-refractivity contribution is 7.71. The number of methoxy groups -OCH3 is 1. The number of aromatic nitrogens is 2. The number of aromatic amines is 1. The average Bonchev–Trinajstić information content (AvgIpc) is 2.69. The fraction of sp³-hybridized carbons (Fsp3) is 0.583. The lowest BCUT2D eigenvalue weighted by atomic mass is 10.1. The van der Waals surface area contributed by atoms with Crippen LogP contribution in [-0.4, -0.2) is 51.2 Å². The molecule has 1 saturated heterocycles. The van der Waals surface area contributed by atoms with Gasteiger partial charge in [0.1, 0.15) is 12.2 Å². The number of aliphatic hydroxyl groups excluding tert-OH is 2. The number of nitrogens with zero attached hydrogens (tertiary/aromatic N) is 1. The summed E-state index contributed by atoms with van der Waals surface area (Å²) in [5, 5.41) is 19.7. The lowest BCUT2D eigenvalue weighted by Crippen LogP contribution is -2.32. The molecular weight excluding hydrogens is 300 g/mol. The number of H-pyrrole nitrogens is 1. The zero-order valence-corrected chi connectivity index (χ0v) is 12.3. The topological polar surface area (TPSA) is 114 Å². The molecule has 0 aliphatic carbocycles. The van der Waals surface area contributed by atoms with Crippen LogP contribution in [0.4, 0.5) is 0 Å². The molecule has 1 fully saturated rings. The summed E-state index contributed by atoms with van der Waals surface area (Å²) in [4.78, 5) is 25.5. The van der Waals surface area contributed by atoms with Crippen molar-refractivity contribution in [3.63, 3.8) is 0 Å². The fourth-order valence-electron chi connectivity index (χ4n) is 2.13. The van der Waals surface area contributed by atoms with Gasteiger partial charge in [0.15, 0.2) is 11.0 Å². The van der Waals surface area contributed by atoms with Crippen LogP contribution in [0.1, 0.15) is 18.7 Å². The van der Waals surface area contributed by atoms with E-state index >= 15 is 0 Å². The molecule has 1 aromatic heterocycles. The normalized spacial score (nSPS) is 28.6. The molecule has 21 heavy (non-hydrogen) atoms. The van der Waals surface area contributed by atoms with Crippen LogP contribution in [0.25, 0.3) is 0 Å². The SMILES string of the molecule is COC(=O)Cc1cn([C@@H]2O[C@H](C)[C@@H](O)[C@H]2O)c(=S)[nH]c1=O. The molecule has 1 aliphatic rings. The van der Waals surface area contributed by atoms with Crippen LogP contribution >= 0.6 is 12.2 Å². The van der Waals surface area contributed by atoms with Crippen LogP contribution in [0, 0.1) is 4.77 Å². The summed E-state index contributed by atoms with van der Waals surface area (Å²) < 4.78 is 11.3. The summed E-state index contributed by atoms with van der Waals surface area (Å²) in [6.07, 6.45) is -2.67. The Labute approximate surface area is 124 Å². The Hall–Kier alpha value is -1.55. The third kappa shape index (κ3) is 3.05. The fourth-order valence-corrected chi connectivity index (χ4v) is 2.38. The summed E-state index contributed by atoms with van der Waals surface area (Å²) in [5.74, 6) is -0.578. The van der Waals surface area contributed by atoms with Gasteiger partial charge in [-0.25, -0.2) is 0 Å². The van der Waals surface area contributed by atoms with Crippen LogP contribution in [0.15, 0.2) is 11.0 Å². The Morgan fingerprint density at radius 2 is 2.19 bits per heavy atom. The van der Waals surface area contributed by atoms with E-state index in [0.29, 0.717) is 0 Å². The quantitative estimate of drug-likeness (QED) is 0.497. The van der Waals surface area contributed by atoms with Crippen molar-refractivity contribution in [2.24, 2.45) is 0 Å². The van der Waals surface area contributed by atoms with Crippen LogP contribution in [0.3, 0.4) is 0 Å². The summed E-state index contributed by atoms with van der Waals surface area (Å²) in [7, 11) is 1.22. The van der Waals surface area contributed by atoms with Crippen molar-refractivity contribution in [3.8, 4) is 0 Å². The number of carbonyl (C=O) groups excluding carboxylic acids is 1. The van der Waals surface area contributed by atoms with Crippen LogP contribution in [-0.2, 0) is 20.7 Å². The molecule has 2 heterocycles. The molecule has 4 atom stereocenters. The molecule has 0 bridgehead atoms. The maximum absolute atomic E-state index is 11.8. The maximum atomic E-state index is 11.8. The Kier molecular flexibility index (Phi) is 4.57. The number of hydrogen-bond donors (Lipinski definition) is 3. The highest BCUT2D eigenvalue weighted by Crippen LogP contribution is 2.29. The Morgan fingerprint density at radius 3 is 2.71 bits per heavy atom. The number of rotatable bonds is 3. The first-order valence-electron chi connectivity index (χ1n) is 6.28. The van der Waals surface area contributed by atoms with E-state index in [4.69, 9.17) is 17.0 Å². The predicted molar refractivity (Wildman–Crippen MR) is 73.2 cm³/mol. The minimum atomic E-state index is -1.19. The molecule has 2 rings (SSSR count). The van der Waals surface area contributed by atoms with Gasteiger partial charge in [0, 0.05) is 11.8 Å². The van der Waals surface area contributed by atoms with Gasteiger partial charge in [0.25, 0.3) is 5.56 Å². The maximum Gasteiger partial charge on any atom is 0.310 e. The molecule has 3 N–H and O–H groups in total. The Morgan fingerprint density at radius 1 is 1.52 bits per heavy atom. The predicted octanol–water partition coefficient (Wildman–Crippen LogP) is -0.740. The molecule has 0 spiro atoms. The number of aliphatic hydroxyl groups is 2. The van der Waals surface area contributed by atoms with E-state index in [1.165, 1.54) is 17.9 Å². The second-order valence-electron chi connectivity index (χ2n) is 4.79. The minimum absolute atomic E-state index is 0.0268. The molecule has 0 amide bonds. The van der Waals surface area contributed by atoms with Crippen LogP contribution in [0.5, 0.6) is 0 Å². The van der Waals surface area contributed by atoms with E-state index in [0.717, 1.165) is 0 Å². The van der Waals surface area contributed by atoms with E-state index in [1.807, 2.05) is 0 Å². The number of hydrogen-bond acceptors (Lipinski definition) is 7. The summed E-state index contributed by atoms with van der Waals surface area (Å²) >= 11 is 5.03. The molecule has 9 heteroatoms. The lowest BCUT2D eigenvalue weighted by Gasteiger charge is -2.19. The van der Waals surface area contributed by atoms with Gasteiger partial charge in [0.2, 0.25) is 0 Å². The van der Waals surface area contributed by atoms with Gasteiger partial charge in [-0.2, -0.15) is 0 Å². The van der Waals surface area contributed by atoms with Crippen LogP contribution in [0.2, 0.25) is 0 Å². The van der Waals surface area contributed by atoms with E-state index in [-0.39, 0.29) is 16.8 Å². The van der Waals surface area contributed by atoms with Crippen molar-refractivity contribution in [1.29, 1.82) is 0 Å². The molecule has 0 saturated carbocycles. The van der Waals surface area contributed by atoms with E-state index in [9.17, 15) is 19.8 Å². The van der Waals surface area contributed by atoms with E-state index < -0.39 is 36.1 Å². The van der Waals surface area contributed by atoms with Gasteiger partial charge in [-0.1, -0.05) is 0 Å². The van der Waals surface area contributed by atoms with Crippen molar-refractivity contribution in [1.82, 2.24) is 9.55 Å². The third-order valence-corrected chi connectivity index (χ3v) is 3.67. The number of carbonyl (C=O) groups is 1. The van der Waals surface area contributed by atoms with E-state index in [1.54, 1.807) is 6.92 Å². The Balaban J connectivity index is 2.41. The van der Waals surface area contributed by atoms with Gasteiger partial charge in [-0.05, 0) is 19.1 Å². The van der Waals surface area contributed by atoms with Gasteiger partial charge >= 0.3 is 5.97 Å². The Bertz CT molecular complexity index is 654. The van der Waals surface area contributed by atoms with Crippen molar-refractivity contribution in [2.75, 3.05) is 7.11 Å². The van der Waals surface area contributed by atoms with Gasteiger partial charge in [0.05, 0.1) is 19.6 Å². The first-order chi connectivity index (χ1) is 9.85. The molecule has 8 nitrogen and oxygen atoms in total. The van der Waals surface area contributed by atoms with Crippen molar-refractivity contribution in [3.05, 3.63) is 26.9 Å². The van der Waals surface area contributed by atoms with Crippen molar-refractivity contribution < 1.29 is 24.5 Å². The van der Waals surface area contributed by atoms with Crippen molar-refractivity contribution >= 4 is 18.2 Å². The molecule has 0 unspecified atom stereocenters. The van der Waals surface area contributed by atoms with Gasteiger partial charge in [-0.3, -0.25) is 19.1 Å². The molecule has 0 aromatic carbocycles. The number of nitrogens with one attached hydrogen (secondary N) is 1. The smallest absolute Gasteiger partial charge is 0.310 e. The summed E-state index contributed by atoms with van der Waals surface area (Å²) in [6.45, 7) is 1.61. The average molecular weight is 316 g/mol. The molecular formula is C12H16N2O6S. The van der Waals surface area contributed by atoms with Gasteiger partial charge in [-0.15, -0.1) is 0 Å². The lowest BCUT2D eigenvalue weighted by molar-refractivity contribution is -0.139. The van der Waals surface area contributed by atoms with Crippen LogP contribution < -0.4 is 5.56 Å². The first-order valence-corrected chi connectivity index (χ1v) is 6.68.